The van der Waals surface area contributed by atoms with Gasteiger partial charge in [-0.2, -0.15) is 0 Å². The number of ether oxygens (including phenoxy) is 1. The molecule has 6 heteroatoms. The Morgan fingerprint density at radius 3 is 2.73 bits per heavy atom. The van der Waals surface area contributed by atoms with Crippen molar-refractivity contribution < 1.29 is 14.3 Å². The summed E-state index contributed by atoms with van der Waals surface area (Å²) in [6.07, 6.45) is 1.16. The molecule has 5 nitrogen and oxygen atoms in total. The number of hydrogen-bond donors (Lipinski definition) is 0. The van der Waals surface area contributed by atoms with Crippen molar-refractivity contribution in [3.8, 4) is 11.3 Å². The van der Waals surface area contributed by atoms with E-state index in [2.05, 4.69) is 11.6 Å². The van der Waals surface area contributed by atoms with Gasteiger partial charge in [0.1, 0.15) is 6.54 Å². The Morgan fingerprint density at radius 1 is 1.36 bits per heavy atom. The second-order valence-corrected chi connectivity index (χ2v) is 5.15. The lowest BCUT2D eigenvalue weighted by molar-refractivity contribution is -0.142. The molecule has 0 saturated carbocycles. The number of hydrogen-bond acceptors (Lipinski definition) is 5. The van der Waals surface area contributed by atoms with E-state index >= 15 is 0 Å². The molecule has 22 heavy (non-hydrogen) atoms. The highest BCUT2D eigenvalue weighted by Crippen LogP contribution is 2.27. The third-order valence-corrected chi connectivity index (χ3v) is 3.69. The second kappa shape index (κ2) is 7.51. The standard InChI is InChI=1S/C16H16N2O3S/c1-3-14(19)18(10-15(20)21-4-2)16-17-13(11-22-16)12-8-6-5-7-9-12/h3,5-9,11H,1,4,10H2,2H3. The van der Waals surface area contributed by atoms with Crippen molar-refractivity contribution in [2.45, 2.75) is 6.92 Å². The molecule has 114 valence electrons. The molecule has 0 saturated heterocycles. The van der Waals surface area contributed by atoms with Crippen molar-refractivity contribution in [1.82, 2.24) is 4.98 Å². The molecule has 0 aliphatic carbocycles. The Labute approximate surface area is 132 Å². The van der Waals surface area contributed by atoms with E-state index in [4.69, 9.17) is 4.74 Å². The average Bonchev–Trinajstić information content (AvgIpc) is 3.02. The van der Waals surface area contributed by atoms with Gasteiger partial charge in [0.15, 0.2) is 5.13 Å². The van der Waals surface area contributed by atoms with Gasteiger partial charge in [0.25, 0.3) is 5.91 Å². The van der Waals surface area contributed by atoms with E-state index in [1.54, 1.807) is 6.92 Å². The fourth-order valence-corrected chi connectivity index (χ4v) is 2.65. The van der Waals surface area contributed by atoms with Crippen LogP contribution in [0.3, 0.4) is 0 Å². The zero-order valence-electron chi connectivity index (χ0n) is 12.2. The van der Waals surface area contributed by atoms with Gasteiger partial charge in [-0.3, -0.25) is 14.5 Å². The molecule has 0 radical (unpaired) electrons. The molecule has 0 atom stereocenters. The summed E-state index contributed by atoms with van der Waals surface area (Å²) in [7, 11) is 0. The largest absolute Gasteiger partial charge is 0.465 e. The summed E-state index contributed by atoms with van der Waals surface area (Å²) in [6, 6.07) is 9.62. The van der Waals surface area contributed by atoms with E-state index in [0.29, 0.717) is 5.13 Å². The van der Waals surface area contributed by atoms with Crippen LogP contribution in [-0.2, 0) is 14.3 Å². The Hall–Kier alpha value is -2.47. The van der Waals surface area contributed by atoms with E-state index in [0.717, 1.165) is 17.3 Å². The van der Waals surface area contributed by atoms with Crippen LogP contribution in [0.5, 0.6) is 0 Å². The summed E-state index contributed by atoms with van der Waals surface area (Å²) >= 11 is 1.29. The zero-order chi connectivity index (χ0) is 15.9. The van der Waals surface area contributed by atoms with Crippen molar-refractivity contribution in [1.29, 1.82) is 0 Å². The minimum absolute atomic E-state index is 0.180. The molecule has 0 N–H and O–H groups in total. The molecule has 0 unspecified atom stereocenters. The van der Waals surface area contributed by atoms with E-state index in [1.807, 2.05) is 35.7 Å². The number of thiazole rings is 1. The van der Waals surface area contributed by atoms with Crippen molar-refractivity contribution >= 4 is 28.3 Å². The highest BCUT2D eigenvalue weighted by molar-refractivity contribution is 7.14. The SMILES string of the molecule is C=CC(=O)N(CC(=O)OCC)c1nc(-c2ccccc2)cs1. The van der Waals surface area contributed by atoms with E-state index < -0.39 is 5.97 Å². The van der Waals surface area contributed by atoms with Gasteiger partial charge in [0, 0.05) is 10.9 Å². The number of nitrogens with zero attached hydrogens (tertiary/aromatic N) is 2. The Balaban J connectivity index is 2.25. The van der Waals surface area contributed by atoms with Crippen LogP contribution in [0.2, 0.25) is 0 Å². The molecular weight excluding hydrogens is 300 g/mol. The van der Waals surface area contributed by atoms with Gasteiger partial charge in [-0.1, -0.05) is 36.9 Å². The van der Waals surface area contributed by atoms with Crippen molar-refractivity contribution in [3.05, 3.63) is 48.4 Å². The molecule has 0 spiro atoms. The highest BCUT2D eigenvalue weighted by atomic mass is 32.1. The molecule has 0 aliphatic heterocycles. The smallest absolute Gasteiger partial charge is 0.326 e. The van der Waals surface area contributed by atoms with Crippen LogP contribution in [0, 0.1) is 0 Å². The van der Waals surface area contributed by atoms with Gasteiger partial charge in [-0.15, -0.1) is 11.3 Å². The number of rotatable bonds is 6. The van der Waals surface area contributed by atoms with Crippen molar-refractivity contribution in [3.63, 3.8) is 0 Å². The van der Waals surface area contributed by atoms with Gasteiger partial charge in [0.2, 0.25) is 0 Å². The summed E-state index contributed by atoms with van der Waals surface area (Å²) in [5.74, 6) is -0.865. The normalized spacial score (nSPS) is 10.0. The third kappa shape index (κ3) is 3.79. The van der Waals surface area contributed by atoms with Gasteiger partial charge in [0.05, 0.1) is 12.3 Å². The maximum absolute atomic E-state index is 12.0. The quantitative estimate of drug-likeness (QED) is 0.607. The minimum Gasteiger partial charge on any atom is -0.465 e. The molecule has 0 fully saturated rings. The van der Waals surface area contributed by atoms with Crippen LogP contribution in [0.15, 0.2) is 48.4 Å². The average molecular weight is 316 g/mol. The summed E-state index contributed by atoms with van der Waals surface area (Å²) < 4.78 is 4.89. The fraction of sp³-hybridized carbons (Fsp3) is 0.188. The number of benzene rings is 1. The van der Waals surface area contributed by atoms with Crippen molar-refractivity contribution in [2.24, 2.45) is 0 Å². The number of carbonyl (C=O) groups is 2. The maximum Gasteiger partial charge on any atom is 0.326 e. The molecule has 2 aromatic rings. The number of esters is 1. The van der Waals surface area contributed by atoms with Crippen LogP contribution in [0.1, 0.15) is 6.92 Å². The summed E-state index contributed by atoms with van der Waals surface area (Å²) in [6.45, 7) is 5.26. The Morgan fingerprint density at radius 2 is 2.09 bits per heavy atom. The lowest BCUT2D eigenvalue weighted by Crippen LogP contribution is -2.35. The zero-order valence-corrected chi connectivity index (χ0v) is 13.0. The van der Waals surface area contributed by atoms with Crippen molar-refractivity contribution in [2.75, 3.05) is 18.1 Å². The predicted octanol–water partition coefficient (Wildman–Crippen LogP) is 2.89. The minimum atomic E-state index is -0.478. The van der Waals surface area contributed by atoms with Crippen LogP contribution in [0.4, 0.5) is 5.13 Å². The monoisotopic (exact) mass is 316 g/mol. The second-order valence-electron chi connectivity index (χ2n) is 4.31. The van der Waals surface area contributed by atoms with E-state index in [9.17, 15) is 9.59 Å². The molecule has 0 aliphatic rings. The molecule has 2 rings (SSSR count). The fourth-order valence-electron chi connectivity index (χ4n) is 1.82. The van der Waals surface area contributed by atoms with Crippen LogP contribution in [-0.4, -0.2) is 30.0 Å². The van der Waals surface area contributed by atoms with E-state index in [1.165, 1.54) is 16.2 Å². The lowest BCUT2D eigenvalue weighted by atomic mass is 10.2. The molecule has 1 heterocycles. The van der Waals surface area contributed by atoms with Crippen LogP contribution < -0.4 is 4.90 Å². The van der Waals surface area contributed by atoms with Gasteiger partial charge >= 0.3 is 5.97 Å². The molecular formula is C16H16N2O3S. The Bertz CT molecular complexity index is 667. The molecule has 0 bridgehead atoms. The third-order valence-electron chi connectivity index (χ3n) is 2.83. The topological polar surface area (TPSA) is 59.5 Å². The number of aromatic nitrogens is 1. The maximum atomic E-state index is 12.0. The number of anilines is 1. The first-order chi connectivity index (χ1) is 10.7. The highest BCUT2D eigenvalue weighted by Gasteiger charge is 2.21. The molecule has 1 amide bonds. The number of amides is 1. The molecule has 1 aromatic heterocycles. The van der Waals surface area contributed by atoms with Crippen LogP contribution in [0.25, 0.3) is 11.3 Å². The van der Waals surface area contributed by atoms with Gasteiger partial charge < -0.3 is 4.74 Å². The van der Waals surface area contributed by atoms with Gasteiger partial charge in [-0.05, 0) is 13.0 Å². The predicted molar refractivity (Wildman–Crippen MR) is 86.7 cm³/mol. The Kier molecular flexibility index (Phi) is 5.43. The van der Waals surface area contributed by atoms with Crippen LogP contribution >= 0.6 is 11.3 Å². The summed E-state index contributed by atoms with van der Waals surface area (Å²) in [5.41, 5.74) is 1.71. The molecule has 1 aromatic carbocycles. The van der Waals surface area contributed by atoms with Gasteiger partial charge in [-0.25, -0.2) is 4.98 Å². The first-order valence-electron chi connectivity index (χ1n) is 6.76. The summed E-state index contributed by atoms with van der Waals surface area (Å²) in [5, 5.41) is 2.29. The lowest BCUT2D eigenvalue weighted by Gasteiger charge is -2.16. The summed E-state index contributed by atoms with van der Waals surface area (Å²) in [4.78, 5) is 29.3. The number of carbonyl (C=O) groups excluding carboxylic acids is 2. The first-order valence-corrected chi connectivity index (χ1v) is 7.64. The first kappa shape index (κ1) is 15.9. The van der Waals surface area contributed by atoms with E-state index in [-0.39, 0.29) is 19.1 Å².